The summed E-state index contributed by atoms with van der Waals surface area (Å²) in [7, 11) is 0. The van der Waals surface area contributed by atoms with Gasteiger partial charge in [-0.1, -0.05) is 24.6 Å². The van der Waals surface area contributed by atoms with Gasteiger partial charge in [0.15, 0.2) is 11.6 Å². The fourth-order valence-corrected chi connectivity index (χ4v) is 2.54. The van der Waals surface area contributed by atoms with Crippen molar-refractivity contribution in [3.63, 3.8) is 0 Å². The van der Waals surface area contributed by atoms with Gasteiger partial charge in [0.25, 0.3) is 0 Å². The number of hydrogen-bond acceptors (Lipinski definition) is 1. The Morgan fingerprint density at radius 1 is 1.05 bits per heavy atom. The summed E-state index contributed by atoms with van der Waals surface area (Å²) in [5.41, 5.74) is 1.49. The number of hydrogen-bond donors (Lipinski definition) is 1. The first-order valence-corrected chi connectivity index (χ1v) is 6.99. The van der Waals surface area contributed by atoms with Gasteiger partial charge in [-0.25, -0.2) is 13.2 Å². The summed E-state index contributed by atoms with van der Waals surface area (Å²) >= 11 is 5.99. The van der Waals surface area contributed by atoms with E-state index in [0.717, 1.165) is 24.2 Å². The lowest BCUT2D eigenvalue weighted by Gasteiger charge is -2.18. The van der Waals surface area contributed by atoms with Crippen LogP contribution in [-0.2, 0) is 0 Å². The predicted octanol–water partition coefficient (Wildman–Crippen LogP) is 5.09. The van der Waals surface area contributed by atoms with E-state index in [2.05, 4.69) is 5.32 Å². The summed E-state index contributed by atoms with van der Waals surface area (Å²) in [4.78, 5) is 0. The molecule has 2 aromatic carbocycles. The van der Waals surface area contributed by atoms with Gasteiger partial charge < -0.3 is 5.32 Å². The van der Waals surface area contributed by atoms with Gasteiger partial charge in [-0.15, -0.1) is 0 Å². The van der Waals surface area contributed by atoms with Crippen molar-refractivity contribution in [3.05, 3.63) is 58.4 Å². The summed E-state index contributed by atoms with van der Waals surface area (Å²) in [5, 5.41) is 3.25. The number of nitrogens with one attached hydrogen (secondary N) is 1. The first-order chi connectivity index (χ1) is 9.93. The zero-order valence-electron chi connectivity index (χ0n) is 11.7. The molecule has 2 rings (SSSR count). The van der Waals surface area contributed by atoms with Gasteiger partial charge in [-0.2, -0.15) is 0 Å². The molecule has 0 bridgehead atoms. The highest BCUT2D eigenvalue weighted by Gasteiger charge is 2.17. The third kappa shape index (κ3) is 3.39. The Bertz CT molecular complexity index is 658. The largest absolute Gasteiger partial charge is 0.310 e. The van der Waals surface area contributed by atoms with Crippen molar-refractivity contribution in [2.24, 2.45) is 0 Å². The van der Waals surface area contributed by atoms with Gasteiger partial charge in [-0.3, -0.25) is 0 Å². The molecule has 1 N–H and O–H groups in total. The Hall–Kier alpha value is -1.52. The molecule has 1 atom stereocenters. The molecule has 0 amide bonds. The Morgan fingerprint density at radius 3 is 2.38 bits per heavy atom. The van der Waals surface area contributed by atoms with Crippen molar-refractivity contribution in [1.29, 1.82) is 0 Å². The monoisotopic (exact) mass is 313 g/mol. The molecule has 0 aliphatic heterocycles. The quantitative estimate of drug-likeness (QED) is 0.775. The Kier molecular flexibility index (Phi) is 4.91. The van der Waals surface area contributed by atoms with Crippen LogP contribution in [0.3, 0.4) is 0 Å². The summed E-state index contributed by atoms with van der Waals surface area (Å²) < 4.78 is 40.2. The average Bonchev–Trinajstić information content (AvgIpc) is 2.43. The van der Waals surface area contributed by atoms with E-state index in [-0.39, 0.29) is 16.6 Å². The minimum Gasteiger partial charge on any atom is -0.310 e. The fourth-order valence-electron chi connectivity index (χ4n) is 2.28. The standard InChI is InChI=1S/C16H15ClF3N/c1-3-21-9(2)11-5-4-10(18)6-12(11)13-7-15(19)16(20)8-14(13)17/h4-9,21H,3H2,1-2H3. The van der Waals surface area contributed by atoms with Crippen molar-refractivity contribution < 1.29 is 13.2 Å². The molecule has 0 spiro atoms. The number of benzene rings is 2. The summed E-state index contributed by atoms with van der Waals surface area (Å²) in [6, 6.07) is 6.06. The molecule has 0 aliphatic carbocycles. The molecule has 0 saturated carbocycles. The van der Waals surface area contributed by atoms with Gasteiger partial charge in [0.05, 0.1) is 5.02 Å². The highest BCUT2D eigenvalue weighted by atomic mass is 35.5. The Morgan fingerprint density at radius 2 is 1.71 bits per heavy atom. The third-order valence-electron chi connectivity index (χ3n) is 3.29. The van der Waals surface area contributed by atoms with E-state index in [1.54, 1.807) is 6.07 Å². The maximum atomic E-state index is 13.6. The van der Waals surface area contributed by atoms with E-state index < -0.39 is 17.5 Å². The maximum absolute atomic E-state index is 13.6. The smallest absolute Gasteiger partial charge is 0.160 e. The van der Waals surface area contributed by atoms with E-state index in [1.165, 1.54) is 12.1 Å². The van der Waals surface area contributed by atoms with Crippen LogP contribution in [0.1, 0.15) is 25.5 Å². The van der Waals surface area contributed by atoms with Crippen LogP contribution in [0.15, 0.2) is 30.3 Å². The zero-order valence-corrected chi connectivity index (χ0v) is 12.4. The van der Waals surface area contributed by atoms with Crippen LogP contribution in [0, 0.1) is 17.5 Å². The van der Waals surface area contributed by atoms with Crippen molar-refractivity contribution >= 4 is 11.6 Å². The van der Waals surface area contributed by atoms with Crippen molar-refractivity contribution in [3.8, 4) is 11.1 Å². The van der Waals surface area contributed by atoms with Gasteiger partial charge in [-0.05, 0) is 48.9 Å². The lowest BCUT2D eigenvalue weighted by molar-refractivity contribution is 0.509. The second-order valence-electron chi connectivity index (χ2n) is 4.76. The van der Waals surface area contributed by atoms with Crippen molar-refractivity contribution in [2.75, 3.05) is 6.54 Å². The number of rotatable bonds is 4. The third-order valence-corrected chi connectivity index (χ3v) is 3.61. The van der Waals surface area contributed by atoms with Crippen molar-refractivity contribution in [2.45, 2.75) is 19.9 Å². The minimum atomic E-state index is -1.03. The van der Waals surface area contributed by atoms with E-state index in [1.807, 2.05) is 13.8 Å². The Balaban J connectivity index is 2.62. The fraction of sp³-hybridized carbons (Fsp3) is 0.250. The van der Waals surface area contributed by atoms with Crippen LogP contribution in [0.2, 0.25) is 5.02 Å². The molecular formula is C16H15ClF3N. The lowest BCUT2D eigenvalue weighted by Crippen LogP contribution is -2.18. The molecule has 21 heavy (non-hydrogen) atoms. The van der Waals surface area contributed by atoms with Crippen molar-refractivity contribution in [1.82, 2.24) is 5.32 Å². The minimum absolute atomic E-state index is 0.0458. The SMILES string of the molecule is CCNC(C)c1ccc(F)cc1-c1cc(F)c(F)cc1Cl. The molecule has 2 aromatic rings. The Labute approximate surface area is 126 Å². The summed E-state index contributed by atoms with van der Waals surface area (Å²) in [5.74, 6) is -2.50. The molecule has 0 aromatic heterocycles. The molecule has 5 heteroatoms. The summed E-state index contributed by atoms with van der Waals surface area (Å²) in [6.45, 7) is 4.59. The highest BCUT2D eigenvalue weighted by Crippen LogP contribution is 2.35. The molecule has 0 radical (unpaired) electrons. The predicted molar refractivity (Wildman–Crippen MR) is 78.9 cm³/mol. The van der Waals surface area contributed by atoms with Crippen LogP contribution in [0.4, 0.5) is 13.2 Å². The van der Waals surface area contributed by atoms with Crippen LogP contribution in [0.25, 0.3) is 11.1 Å². The van der Waals surface area contributed by atoms with Gasteiger partial charge >= 0.3 is 0 Å². The van der Waals surface area contributed by atoms with Crippen LogP contribution in [-0.4, -0.2) is 6.54 Å². The van der Waals surface area contributed by atoms with Gasteiger partial charge in [0.2, 0.25) is 0 Å². The highest BCUT2D eigenvalue weighted by molar-refractivity contribution is 6.33. The molecule has 0 fully saturated rings. The second-order valence-corrected chi connectivity index (χ2v) is 5.16. The average molecular weight is 314 g/mol. The van der Waals surface area contributed by atoms with E-state index in [4.69, 9.17) is 11.6 Å². The molecular weight excluding hydrogens is 299 g/mol. The summed E-state index contributed by atoms with van der Waals surface area (Å²) in [6.07, 6.45) is 0. The van der Waals surface area contributed by atoms with E-state index in [0.29, 0.717) is 5.56 Å². The van der Waals surface area contributed by atoms with Gasteiger partial charge in [0, 0.05) is 11.6 Å². The van der Waals surface area contributed by atoms with Crippen LogP contribution < -0.4 is 5.32 Å². The second kappa shape index (κ2) is 6.50. The molecule has 1 unspecified atom stereocenters. The molecule has 112 valence electrons. The number of halogens is 4. The molecule has 0 aliphatic rings. The molecule has 1 nitrogen and oxygen atoms in total. The molecule has 0 heterocycles. The van der Waals surface area contributed by atoms with E-state index >= 15 is 0 Å². The van der Waals surface area contributed by atoms with Crippen LogP contribution in [0.5, 0.6) is 0 Å². The normalized spacial score (nSPS) is 12.5. The molecule has 0 saturated heterocycles. The maximum Gasteiger partial charge on any atom is 0.160 e. The van der Waals surface area contributed by atoms with Gasteiger partial charge in [0.1, 0.15) is 5.82 Å². The topological polar surface area (TPSA) is 12.0 Å². The lowest BCUT2D eigenvalue weighted by atomic mass is 9.95. The first-order valence-electron chi connectivity index (χ1n) is 6.61. The van der Waals surface area contributed by atoms with Crippen LogP contribution >= 0.6 is 11.6 Å². The zero-order chi connectivity index (χ0) is 15.6. The first kappa shape index (κ1) is 15.9. The van der Waals surface area contributed by atoms with E-state index in [9.17, 15) is 13.2 Å².